The third-order valence-corrected chi connectivity index (χ3v) is 5.11. The normalized spacial score (nSPS) is 21.4. The van der Waals surface area contributed by atoms with Crippen molar-refractivity contribution >= 4 is 11.9 Å². The van der Waals surface area contributed by atoms with Gasteiger partial charge in [0.15, 0.2) is 0 Å². The van der Waals surface area contributed by atoms with Crippen molar-refractivity contribution in [1.29, 1.82) is 0 Å². The van der Waals surface area contributed by atoms with Gasteiger partial charge in [-0.2, -0.15) is 0 Å². The first-order chi connectivity index (χ1) is 15.3. The van der Waals surface area contributed by atoms with Gasteiger partial charge < -0.3 is 19.9 Å². The van der Waals surface area contributed by atoms with Crippen LogP contribution in [0.4, 0.5) is 0 Å². The Morgan fingerprint density at radius 1 is 1.34 bits per heavy atom. The number of methoxy groups -OCH3 is 1. The molecule has 4 atom stereocenters. The quantitative estimate of drug-likeness (QED) is 0.403. The van der Waals surface area contributed by atoms with E-state index in [0.717, 1.165) is 11.6 Å². The van der Waals surface area contributed by atoms with Crippen LogP contribution >= 0.6 is 0 Å². The highest BCUT2D eigenvalue weighted by Gasteiger charge is 2.34. The molecule has 0 unspecified atom stereocenters. The Hall–Kier alpha value is -3.50. The summed E-state index contributed by atoms with van der Waals surface area (Å²) in [5, 5.41) is 12.9. The molecule has 2 heterocycles. The zero-order chi connectivity index (χ0) is 23.3. The summed E-state index contributed by atoms with van der Waals surface area (Å²) < 4.78 is 11.7. The maximum Gasteiger partial charge on any atom is 0.330 e. The molecule has 3 N–H and O–H groups in total. The molecule has 0 spiro atoms. The molecule has 2 aromatic rings. The summed E-state index contributed by atoms with van der Waals surface area (Å²) >= 11 is 0. The largest absolute Gasteiger partial charge is 0.467 e. The lowest BCUT2D eigenvalue weighted by Gasteiger charge is -2.16. The minimum Gasteiger partial charge on any atom is -0.467 e. The monoisotopic (exact) mass is 443 g/mol. The summed E-state index contributed by atoms with van der Waals surface area (Å²) in [5.41, 5.74) is 0.0371. The molecule has 1 fully saturated rings. The van der Waals surface area contributed by atoms with Crippen LogP contribution < -0.4 is 16.6 Å². The average molecular weight is 443 g/mol. The second-order valence-corrected chi connectivity index (χ2v) is 7.47. The van der Waals surface area contributed by atoms with Gasteiger partial charge >= 0.3 is 11.7 Å². The predicted molar refractivity (Wildman–Crippen MR) is 114 cm³/mol. The average Bonchev–Trinajstić information content (AvgIpc) is 3.14. The number of hydrogen-bond donors (Lipinski definition) is 3. The summed E-state index contributed by atoms with van der Waals surface area (Å²) in [4.78, 5) is 50.2. The molecule has 1 aromatic heterocycles. The lowest BCUT2D eigenvalue weighted by atomic mass is 10.1. The minimum atomic E-state index is -0.969. The molecule has 170 valence electrons. The number of esters is 1. The lowest BCUT2D eigenvalue weighted by molar-refractivity contribution is -0.144. The second kappa shape index (κ2) is 10.2. The van der Waals surface area contributed by atoms with Crippen molar-refractivity contribution < 1.29 is 24.2 Å². The highest BCUT2D eigenvalue weighted by atomic mass is 16.5. The van der Waals surface area contributed by atoms with Crippen molar-refractivity contribution in [3.05, 3.63) is 80.6 Å². The summed E-state index contributed by atoms with van der Waals surface area (Å²) in [6.45, 7) is 1.55. The summed E-state index contributed by atoms with van der Waals surface area (Å²) in [6, 6.07) is 8.29. The van der Waals surface area contributed by atoms with Gasteiger partial charge in [0.1, 0.15) is 18.4 Å². The van der Waals surface area contributed by atoms with Crippen LogP contribution in [-0.4, -0.2) is 51.9 Å². The zero-order valence-corrected chi connectivity index (χ0v) is 17.7. The number of nitrogens with zero attached hydrogens (tertiary/aromatic N) is 1. The van der Waals surface area contributed by atoms with Gasteiger partial charge in [-0.15, -0.1) is 0 Å². The topological polar surface area (TPSA) is 140 Å². The van der Waals surface area contributed by atoms with E-state index in [1.807, 2.05) is 30.3 Å². The number of H-pyrrole nitrogens is 1. The Morgan fingerprint density at radius 2 is 2.06 bits per heavy atom. The highest BCUT2D eigenvalue weighted by molar-refractivity contribution is 5.91. The molecule has 0 aliphatic carbocycles. The third kappa shape index (κ3) is 5.59. The molecular formula is C22H25N3O7. The van der Waals surface area contributed by atoms with E-state index in [0.29, 0.717) is 5.56 Å². The molecule has 1 amide bonds. The van der Waals surface area contributed by atoms with Crippen molar-refractivity contribution in [1.82, 2.24) is 14.9 Å². The Kier molecular flexibility index (Phi) is 7.39. The van der Waals surface area contributed by atoms with Crippen LogP contribution in [0.25, 0.3) is 0 Å². The van der Waals surface area contributed by atoms with Gasteiger partial charge in [-0.1, -0.05) is 30.3 Å². The first-order valence-corrected chi connectivity index (χ1v) is 10.0. The summed E-state index contributed by atoms with van der Waals surface area (Å²) in [5.74, 6) is -1.15. The van der Waals surface area contributed by atoms with E-state index in [-0.39, 0.29) is 12.8 Å². The molecule has 10 nitrogen and oxygen atoms in total. The molecule has 0 bridgehead atoms. The number of aliphatic hydroxyl groups excluding tert-OH is 1. The van der Waals surface area contributed by atoms with E-state index < -0.39 is 47.6 Å². The summed E-state index contributed by atoms with van der Waals surface area (Å²) in [6.07, 6.45) is 1.62. The number of aliphatic hydroxyl groups is 1. The molecule has 3 rings (SSSR count). The minimum absolute atomic E-state index is 0.0980. The fourth-order valence-corrected chi connectivity index (χ4v) is 3.41. The Morgan fingerprint density at radius 3 is 2.75 bits per heavy atom. The number of aryl methyl sites for hydroxylation is 1. The van der Waals surface area contributed by atoms with Gasteiger partial charge in [0.05, 0.1) is 13.2 Å². The van der Waals surface area contributed by atoms with Crippen LogP contribution in [0.5, 0.6) is 0 Å². The van der Waals surface area contributed by atoms with Gasteiger partial charge in [0.25, 0.3) is 5.56 Å². The van der Waals surface area contributed by atoms with E-state index in [1.54, 1.807) is 6.92 Å². The number of ether oxygens (including phenoxy) is 2. The van der Waals surface area contributed by atoms with Gasteiger partial charge in [0.2, 0.25) is 5.91 Å². The maximum atomic E-state index is 12.4. The van der Waals surface area contributed by atoms with Gasteiger partial charge in [-0.3, -0.25) is 19.1 Å². The molecule has 0 radical (unpaired) electrons. The molecule has 1 aromatic carbocycles. The Labute approximate surface area is 183 Å². The van der Waals surface area contributed by atoms with Gasteiger partial charge in [-0.25, -0.2) is 9.59 Å². The molecule has 1 saturated heterocycles. The van der Waals surface area contributed by atoms with Crippen LogP contribution in [0.15, 0.2) is 58.3 Å². The van der Waals surface area contributed by atoms with E-state index in [1.165, 1.54) is 23.9 Å². The Balaban J connectivity index is 1.65. The number of carbonyl (C=O) groups excluding carboxylic acids is 2. The predicted octanol–water partition coefficient (Wildman–Crippen LogP) is -0.0499. The number of benzene rings is 1. The van der Waals surface area contributed by atoms with Crippen molar-refractivity contribution in [3.63, 3.8) is 0 Å². The summed E-state index contributed by atoms with van der Waals surface area (Å²) in [7, 11) is 1.24. The smallest absolute Gasteiger partial charge is 0.330 e. The Bertz CT molecular complexity index is 1110. The SMILES string of the molecule is COC(=O)[C@H](Cc1ccccc1)NC(=O)/C=C/[C@H]1O[C@@H](n2cc(C)c(=O)[nH]c2=O)C[C@@H]1O. The van der Waals surface area contributed by atoms with E-state index >= 15 is 0 Å². The molecule has 32 heavy (non-hydrogen) atoms. The van der Waals surface area contributed by atoms with Crippen molar-refractivity contribution in [3.8, 4) is 0 Å². The van der Waals surface area contributed by atoms with E-state index in [4.69, 9.17) is 9.47 Å². The molecule has 1 aliphatic heterocycles. The standard InChI is InChI=1S/C22H25N3O7/c1-13-12-25(22(30)24-20(13)28)19-11-16(26)17(32-19)8-9-18(27)23-15(21(29)31-2)10-14-6-4-3-5-7-14/h3-9,12,15-17,19,26H,10-11H2,1-2H3,(H,23,27)(H,24,28,30)/b9-8+/t15-,16-,17+,19+/m0/s1. The number of nitrogens with one attached hydrogen (secondary N) is 2. The fourth-order valence-electron chi connectivity index (χ4n) is 3.41. The van der Waals surface area contributed by atoms with Crippen molar-refractivity contribution in [2.75, 3.05) is 7.11 Å². The van der Waals surface area contributed by atoms with Crippen LogP contribution in [0.2, 0.25) is 0 Å². The first-order valence-electron chi connectivity index (χ1n) is 10.0. The first kappa shape index (κ1) is 23.2. The van der Waals surface area contributed by atoms with Crippen molar-refractivity contribution in [2.24, 2.45) is 0 Å². The number of amides is 1. The fraction of sp³-hybridized carbons (Fsp3) is 0.364. The third-order valence-electron chi connectivity index (χ3n) is 5.11. The van der Waals surface area contributed by atoms with Crippen LogP contribution in [-0.2, 0) is 25.5 Å². The second-order valence-electron chi connectivity index (χ2n) is 7.47. The molecule has 1 aliphatic rings. The van der Waals surface area contributed by atoms with E-state index in [9.17, 15) is 24.3 Å². The van der Waals surface area contributed by atoms with Crippen LogP contribution in [0, 0.1) is 6.92 Å². The van der Waals surface area contributed by atoms with Crippen LogP contribution in [0.1, 0.15) is 23.8 Å². The van der Waals surface area contributed by atoms with Gasteiger partial charge in [-0.05, 0) is 18.6 Å². The molecular weight excluding hydrogens is 418 g/mol. The zero-order valence-electron chi connectivity index (χ0n) is 17.7. The maximum absolute atomic E-state index is 12.4. The van der Waals surface area contributed by atoms with Gasteiger partial charge in [0, 0.05) is 30.7 Å². The number of rotatable bonds is 7. The lowest BCUT2D eigenvalue weighted by Crippen LogP contribution is -2.42. The number of carbonyl (C=O) groups is 2. The van der Waals surface area contributed by atoms with E-state index in [2.05, 4.69) is 10.3 Å². The number of hydrogen-bond acceptors (Lipinski definition) is 7. The van der Waals surface area contributed by atoms with Crippen LogP contribution in [0.3, 0.4) is 0 Å². The van der Waals surface area contributed by atoms with Crippen molar-refractivity contribution in [2.45, 2.75) is 44.2 Å². The molecule has 10 heteroatoms. The highest BCUT2D eigenvalue weighted by Crippen LogP contribution is 2.28. The number of aromatic amines is 1. The molecule has 0 saturated carbocycles. The number of aromatic nitrogens is 2.